The zero-order valence-electron chi connectivity index (χ0n) is 10.4. The molecule has 3 rings (SSSR count). The van der Waals surface area contributed by atoms with Crippen molar-refractivity contribution in [1.82, 2.24) is 4.98 Å². The Labute approximate surface area is 114 Å². The maximum Gasteiger partial charge on any atom is 0.229 e. The summed E-state index contributed by atoms with van der Waals surface area (Å²) in [6.07, 6.45) is 0.960. The second kappa shape index (κ2) is 4.74. The molecule has 1 saturated carbocycles. The number of hydrogen-bond acceptors (Lipinski definition) is 3. The van der Waals surface area contributed by atoms with Crippen LogP contribution in [0.5, 0.6) is 0 Å². The minimum absolute atomic E-state index is 0.0486. The first-order valence-corrected chi connectivity index (χ1v) is 7.04. The number of carbonyl (C=O) groups excluding carboxylic acids is 1. The Hall–Kier alpha value is -1.75. The van der Waals surface area contributed by atoms with Gasteiger partial charge in [-0.25, -0.2) is 9.37 Å². The molecule has 1 N–H and O–H groups in total. The highest BCUT2D eigenvalue weighted by Crippen LogP contribution is 2.38. The number of benzene rings is 1. The first-order chi connectivity index (χ1) is 9.13. The highest BCUT2D eigenvalue weighted by atomic mass is 32.1. The van der Waals surface area contributed by atoms with Gasteiger partial charge >= 0.3 is 0 Å². The molecule has 2 unspecified atom stereocenters. The molecule has 2 aromatic rings. The zero-order chi connectivity index (χ0) is 13.4. The highest BCUT2D eigenvalue weighted by molar-refractivity contribution is 7.14. The quantitative estimate of drug-likeness (QED) is 0.931. The van der Waals surface area contributed by atoms with Gasteiger partial charge in [0.2, 0.25) is 5.91 Å². The molecule has 3 nitrogen and oxygen atoms in total. The second-order valence-electron chi connectivity index (χ2n) is 4.85. The summed E-state index contributed by atoms with van der Waals surface area (Å²) < 4.78 is 12.8. The molecule has 0 radical (unpaired) electrons. The molecule has 1 aromatic heterocycles. The van der Waals surface area contributed by atoms with E-state index in [9.17, 15) is 9.18 Å². The monoisotopic (exact) mass is 276 g/mol. The first-order valence-electron chi connectivity index (χ1n) is 6.16. The third-order valence-corrected chi connectivity index (χ3v) is 4.08. The van der Waals surface area contributed by atoms with Gasteiger partial charge < -0.3 is 5.32 Å². The third kappa shape index (κ3) is 2.66. The van der Waals surface area contributed by atoms with Crippen LogP contribution in [0.3, 0.4) is 0 Å². The summed E-state index contributed by atoms with van der Waals surface area (Å²) in [5, 5.41) is 5.29. The van der Waals surface area contributed by atoms with Crippen LogP contribution in [-0.4, -0.2) is 10.9 Å². The van der Waals surface area contributed by atoms with E-state index in [0.29, 0.717) is 11.0 Å². The molecule has 1 aromatic carbocycles. The number of carbonyl (C=O) groups is 1. The zero-order valence-corrected chi connectivity index (χ0v) is 11.2. The lowest BCUT2D eigenvalue weighted by Crippen LogP contribution is -2.14. The van der Waals surface area contributed by atoms with Gasteiger partial charge in [-0.05, 0) is 36.6 Å². The fourth-order valence-electron chi connectivity index (χ4n) is 1.97. The topological polar surface area (TPSA) is 42.0 Å². The highest BCUT2D eigenvalue weighted by Gasteiger charge is 2.39. The van der Waals surface area contributed by atoms with E-state index in [1.807, 2.05) is 5.38 Å². The molecule has 1 fully saturated rings. The van der Waals surface area contributed by atoms with E-state index < -0.39 is 0 Å². The fourth-order valence-corrected chi connectivity index (χ4v) is 2.69. The summed E-state index contributed by atoms with van der Waals surface area (Å²) in [6, 6.07) is 6.16. The largest absolute Gasteiger partial charge is 0.302 e. The van der Waals surface area contributed by atoms with Crippen LogP contribution in [0, 0.1) is 17.7 Å². The summed E-state index contributed by atoms with van der Waals surface area (Å²) in [4.78, 5) is 16.1. The van der Waals surface area contributed by atoms with E-state index in [2.05, 4.69) is 17.2 Å². The van der Waals surface area contributed by atoms with E-state index in [0.717, 1.165) is 17.7 Å². The van der Waals surface area contributed by atoms with Crippen LogP contribution in [0.15, 0.2) is 29.6 Å². The number of nitrogens with zero attached hydrogens (tertiary/aromatic N) is 1. The smallest absolute Gasteiger partial charge is 0.229 e. The molecule has 1 aliphatic rings. The number of aromatic nitrogens is 1. The lowest BCUT2D eigenvalue weighted by molar-refractivity contribution is -0.117. The number of nitrogens with one attached hydrogen (secondary N) is 1. The summed E-state index contributed by atoms with van der Waals surface area (Å²) in [6.45, 7) is 2.07. The Morgan fingerprint density at radius 2 is 2.11 bits per heavy atom. The molecule has 0 aliphatic heterocycles. The van der Waals surface area contributed by atoms with E-state index in [1.165, 1.54) is 23.5 Å². The summed E-state index contributed by atoms with van der Waals surface area (Å²) in [5.41, 5.74) is 1.60. The number of amides is 1. The number of rotatable bonds is 3. The molecular weight excluding hydrogens is 263 g/mol. The molecule has 0 bridgehead atoms. The van der Waals surface area contributed by atoms with Crippen molar-refractivity contribution in [3.05, 3.63) is 35.5 Å². The van der Waals surface area contributed by atoms with Gasteiger partial charge in [0.25, 0.3) is 0 Å². The Morgan fingerprint density at radius 1 is 1.42 bits per heavy atom. The molecule has 1 heterocycles. The van der Waals surface area contributed by atoms with E-state index >= 15 is 0 Å². The number of halogens is 1. The van der Waals surface area contributed by atoms with Crippen molar-refractivity contribution in [3.8, 4) is 11.3 Å². The van der Waals surface area contributed by atoms with E-state index in [-0.39, 0.29) is 17.6 Å². The van der Waals surface area contributed by atoms with Crippen LogP contribution < -0.4 is 5.32 Å². The standard InChI is InChI=1S/C14H13FN2OS/c1-8-6-11(8)13(18)17-14-16-12(7-19-14)9-2-4-10(15)5-3-9/h2-5,7-8,11H,6H2,1H3,(H,16,17,18). The summed E-state index contributed by atoms with van der Waals surface area (Å²) in [7, 11) is 0. The maximum atomic E-state index is 12.8. The SMILES string of the molecule is CC1CC1C(=O)Nc1nc(-c2ccc(F)cc2)cs1. The molecule has 1 aliphatic carbocycles. The molecule has 1 amide bonds. The molecule has 98 valence electrons. The van der Waals surface area contributed by atoms with Gasteiger partial charge in [-0.2, -0.15) is 0 Å². The van der Waals surface area contributed by atoms with Gasteiger partial charge in [0.05, 0.1) is 5.69 Å². The van der Waals surface area contributed by atoms with Crippen molar-refractivity contribution in [2.75, 3.05) is 5.32 Å². The molecule has 0 spiro atoms. The van der Waals surface area contributed by atoms with Crippen molar-refractivity contribution in [2.24, 2.45) is 11.8 Å². The number of anilines is 1. The van der Waals surface area contributed by atoms with Crippen LogP contribution >= 0.6 is 11.3 Å². The van der Waals surface area contributed by atoms with E-state index in [4.69, 9.17) is 0 Å². The van der Waals surface area contributed by atoms with Crippen LogP contribution in [0.1, 0.15) is 13.3 Å². The van der Waals surface area contributed by atoms with Crippen molar-refractivity contribution in [2.45, 2.75) is 13.3 Å². The van der Waals surface area contributed by atoms with Crippen LogP contribution in [0.25, 0.3) is 11.3 Å². The fraction of sp³-hybridized carbons (Fsp3) is 0.286. The van der Waals surface area contributed by atoms with Crippen molar-refractivity contribution in [3.63, 3.8) is 0 Å². The summed E-state index contributed by atoms with van der Waals surface area (Å²) >= 11 is 1.39. The van der Waals surface area contributed by atoms with Crippen molar-refractivity contribution >= 4 is 22.4 Å². The Morgan fingerprint density at radius 3 is 2.74 bits per heavy atom. The average molecular weight is 276 g/mol. The van der Waals surface area contributed by atoms with Gasteiger partial charge in [0.1, 0.15) is 5.82 Å². The van der Waals surface area contributed by atoms with Crippen molar-refractivity contribution in [1.29, 1.82) is 0 Å². The second-order valence-corrected chi connectivity index (χ2v) is 5.71. The van der Waals surface area contributed by atoms with Gasteiger partial charge in [-0.15, -0.1) is 11.3 Å². The maximum absolute atomic E-state index is 12.8. The van der Waals surface area contributed by atoms with Crippen LogP contribution in [0.4, 0.5) is 9.52 Å². The first kappa shape index (κ1) is 12.3. The number of thiazole rings is 1. The van der Waals surface area contributed by atoms with Crippen LogP contribution in [0.2, 0.25) is 0 Å². The lowest BCUT2D eigenvalue weighted by atomic mass is 10.2. The van der Waals surface area contributed by atoms with E-state index in [1.54, 1.807) is 12.1 Å². The Kier molecular flexibility index (Phi) is 3.06. The third-order valence-electron chi connectivity index (χ3n) is 3.32. The van der Waals surface area contributed by atoms with Gasteiger partial charge in [0.15, 0.2) is 5.13 Å². The predicted octanol–water partition coefficient (Wildman–Crippen LogP) is 3.54. The normalized spacial score (nSPS) is 21.2. The lowest BCUT2D eigenvalue weighted by Gasteiger charge is -1.99. The van der Waals surface area contributed by atoms with Gasteiger partial charge in [0, 0.05) is 16.9 Å². The summed E-state index contributed by atoms with van der Waals surface area (Å²) in [5.74, 6) is 0.400. The van der Waals surface area contributed by atoms with Crippen LogP contribution in [-0.2, 0) is 4.79 Å². The van der Waals surface area contributed by atoms with Crippen molar-refractivity contribution < 1.29 is 9.18 Å². The minimum Gasteiger partial charge on any atom is -0.302 e. The number of hydrogen-bond donors (Lipinski definition) is 1. The predicted molar refractivity (Wildman–Crippen MR) is 73.4 cm³/mol. The van der Waals surface area contributed by atoms with Gasteiger partial charge in [-0.1, -0.05) is 6.92 Å². The Bertz CT molecular complexity index is 608. The minimum atomic E-state index is -0.268. The molecule has 2 atom stereocenters. The molecular formula is C14H13FN2OS. The molecule has 5 heteroatoms. The Balaban J connectivity index is 1.72. The average Bonchev–Trinajstić information content (AvgIpc) is 2.95. The molecule has 19 heavy (non-hydrogen) atoms. The molecule has 0 saturated heterocycles. The van der Waals surface area contributed by atoms with Gasteiger partial charge in [-0.3, -0.25) is 4.79 Å².